The molecule has 0 spiro atoms. The molecule has 5 nitrogen and oxygen atoms in total. The summed E-state index contributed by atoms with van der Waals surface area (Å²) in [6.07, 6.45) is 5.21. The zero-order valence-electron chi connectivity index (χ0n) is 12.7. The Labute approximate surface area is 130 Å². The van der Waals surface area contributed by atoms with E-state index >= 15 is 0 Å². The quantitative estimate of drug-likeness (QED) is 0.904. The van der Waals surface area contributed by atoms with Gasteiger partial charge in [0.05, 0.1) is 12.7 Å². The molecule has 1 aliphatic carbocycles. The van der Waals surface area contributed by atoms with E-state index in [4.69, 9.17) is 14.6 Å². The Balaban J connectivity index is 1.70. The van der Waals surface area contributed by atoms with Gasteiger partial charge in [-0.05, 0) is 18.9 Å². The van der Waals surface area contributed by atoms with Gasteiger partial charge < -0.3 is 14.6 Å². The first-order valence-corrected chi connectivity index (χ1v) is 8.02. The SMILES string of the molecule is O=C(O)COc1ccccc1CN1CCO[C@H]2CCCC[C@@H]21. The molecule has 0 bridgehead atoms. The number of nitrogens with zero attached hydrogens (tertiary/aromatic N) is 1. The van der Waals surface area contributed by atoms with Crippen molar-refractivity contribution in [3.63, 3.8) is 0 Å². The molecule has 22 heavy (non-hydrogen) atoms. The van der Waals surface area contributed by atoms with Gasteiger partial charge in [0, 0.05) is 24.7 Å². The number of morpholine rings is 1. The minimum absolute atomic E-state index is 0.299. The lowest BCUT2D eigenvalue weighted by Crippen LogP contribution is -2.52. The Morgan fingerprint density at radius 2 is 2.14 bits per heavy atom. The summed E-state index contributed by atoms with van der Waals surface area (Å²) >= 11 is 0. The summed E-state index contributed by atoms with van der Waals surface area (Å²) in [5.74, 6) is -0.280. The Kier molecular flexibility index (Phi) is 4.95. The maximum atomic E-state index is 10.7. The van der Waals surface area contributed by atoms with E-state index in [0.29, 0.717) is 17.9 Å². The minimum Gasteiger partial charge on any atom is -0.482 e. The van der Waals surface area contributed by atoms with E-state index in [1.165, 1.54) is 19.3 Å². The second kappa shape index (κ2) is 7.11. The number of ether oxygens (including phenoxy) is 2. The summed E-state index contributed by atoms with van der Waals surface area (Å²) in [5.41, 5.74) is 1.05. The van der Waals surface area contributed by atoms with Crippen molar-refractivity contribution >= 4 is 5.97 Å². The van der Waals surface area contributed by atoms with Gasteiger partial charge in [0.1, 0.15) is 5.75 Å². The van der Waals surface area contributed by atoms with Crippen molar-refractivity contribution in [3.05, 3.63) is 29.8 Å². The number of hydrogen-bond donors (Lipinski definition) is 1. The number of benzene rings is 1. The van der Waals surface area contributed by atoms with E-state index in [1.807, 2.05) is 24.3 Å². The van der Waals surface area contributed by atoms with Crippen molar-refractivity contribution in [2.24, 2.45) is 0 Å². The number of carboxylic acids is 1. The van der Waals surface area contributed by atoms with Crippen molar-refractivity contribution in [3.8, 4) is 5.75 Å². The second-order valence-electron chi connectivity index (χ2n) is 6.02. The van der Waals surface area contributed by atoms with Crippen molar-refractivity contribution in [2.75, 3.05) is 19.8 Å². The van der Waals surface area contributed by atoms with Gasteiger partial charge in [-0.1, -0.05) is 31.0 Å². The molecule has 2 fully saturated rings. The Bertz CT molecular complexity index is 517. The van der Waals surface area contributed by atoms with Crippen LogP contribution in [-0.2, 0) is 16.1 Å². The number of fused-ring (bicyclic) bond motifs is 1. The van der Waals surface area contributed by atoms with Crippen LogP contribution in [0.4, 0.5) is 0 Å². The Hall–Kier alpha value is -1.59. The van der Waals surface area contributed by atoms with Crippen molar-refractivity contribution < 1.29 is 19.4 Å². The summed E-state index contributed by atoms with van der Waals surface area (Å²) in [4.78, 5) is 13.2. The van der Waals surface area contributed by atoms with E-state index in [0.717, 1.165) is 31.7 Å². The highest BCUT2D eigenvalue weighted by atomic mass is 16.5. The maximum absolute atomic E-state index is 10.7. The third-order valence-corrected chi connectivity index (χ3v) is 4.54. The van der Waals surface area contributed by atoms with Crippen LogP contribution in [0.25, 0.3) is 0 Å². The maximum Gasteiger partial charge on any atom is 0.341 e. The van der Waals surface area contributed by atoms with Crippen LogP contribution in [0.15, 0.2) is 24.3 Å². The normalized spacial score (nSPS) is 25.5. The van der Waals surface area contributed by atoms with E-state index in [2.05, 4.69) is 4.90 Å². The average Bonchev–Trinajstić information content (AvgIpc) is 2.54. The van der Waals surface area contributed by atoms with Crippen LogP contribution in [0.3, 0.4) is 0 Å². The zero-order chi connectivity index (χ0) is 15.4. The van der Waals surface area contributed by atoms with Gasteiger partial charge in [-0.15, -0.1) is 0 Å². The van der Waals surface area contributed by atoms with E-state index < -0.39 is 5.97 Å². The summed E-state index contributed by atoms with van der Waals surface area (Å²) in [5, 5.41) is 8.79. The Morgan fingerprint density at radius 3 is 3.00 bits per heavy atom. The molecule has 1 aromatic carbocycles. The monoisotopic (exact) mass is 305 g/mol. The molecule has 0 unspecified atom stereocenters. The first-order chi connectivity index (χ1) is 10.7. The number of hydrogen-bond acceptors (Lipinski definition) is 4. The predicted molar refractivity (Wildman–Crippen MR) is 82.0 cm³/mol. The lowest BCUT2D eigenvalue weighted by Gasteiger charge is -2.44. The van der Waals surface area contributed by atoms with Gasteiger partial charge in [0.15, 0.2) is 6.61 Å². The van der Waals surface area contributed by atoms with E-state index in [9.17, 15) is 4.79 Å². The highest BCUT2D eigenvalue weighted by Gasteiger charge is 2.34. The lowest BCUT2D eigenvalue weighted by molar-refractivity contribution is -0.139. The van der Waals surface area contributed by atoms with Gasteiger partial charge in [-0.2, -0.15) is 0 Å². The van der Waals surface area contributed by atoms with Crippen LogP contribution in [-0.4, -0.2) is 47.9 Å². The standard InChI is InChI=1S/C17H23NO4/c19-17(20)12-22-15-7-3-1-5-13(15)11-18-9-10-21-16-8-4-2-6-14(16)18/h1,3,5,7,14,16H,2,4,6,8-12H2,(H,19,20)/t14-,16-/m0/s1. The summed E-state index contributed by atoms with van der Waals surface area (Å²) < 4.78 is 11.3. The molecule has 5 heteroatoms. The molecule has 120 valence electrons. The smallest absolute Gasteiger partial charge is 0.341 e. The number of para-hydroxylation sites is 1. The van der Waals surface area contributed by atoms with Gasteiger partial charge >= 0.3 is 5.97 Å². The van der Waals surface area contributed by atoms with Crippen molar-refractivity contribution in [2.45, 2.75) is 44.4 Å². The fourth-order valence-electron chi connectivity index (χ4n) is 3.51. The molecular weight excluding hydrogens is 282 g/mol. The molecule has 2 atom stereocenters. The van der Waals surface area contributed by atoms with Gasteiger partial charge in [0.2, 0.25) is 0 Å². The second-order valence-corrected chi connectivity index (χ2v) is 6.02. The third-order valence-electron chi connectivity index (χ3n) is 4.54. The van der Waals surface area contributed by atoms with Gasteiger partial charge in [0.25, 0.3) is 0 Å². The number of carbonyl (C=O) groups is 1. The zero-order valence-corrected chi connectivity index (χ0v) is 12.7. The average molecular weight is 305 g/mol. The van der Waals surface area contributed by atoms with E-state index in [1.54, 1.807) is 0 Å². The van der Waals surface area contributed by atoms with Crippen LogP contribution in [0.5, 0.6) is 5.75 Å². The van der Waals surface area contributed by atoms with E-state index in [-0.39, 0.29) is 6.61 Å². The van der Waals surface area contributed by atoms with Gasteiger partial charge in [-0.3, -0.25) is 4.90 Å². The molecule has 0 aromatic heterocycles. The number of carboxylic acid groups (broad SMARTS) is 1. The fourth-order valence-corrected chi connectivity index (χ4v) is 3.51. The number of aliphatic carboxylic acids is 1. The van der Waals surface area contributed by atoms with Crippen LogP contribution in [0.1, 0.15) is 31.2 Å². The molecule has 1 saturated heterocycles. The first-order valence-electron chi connectivity index (χ1n) is 8.02. The van der Waals surface area contributed by atoms with Gasteiger partial charge in [-0.25, -0.2) is 4.79 Å². The topological polar surface area (TPSA) is 59.0 Å². The molecule has 1 saturated carbocycles. The Morgan fingerprint density at radius 1 is 1.32 bits per heavy atom. The van der Waals surface area contributed by atoms with Crippen LogP contribution < -0.4 is 4.74 Å². The molecule has 1 aromatic rings. The largest absolute Gasteiger partial charge is 0.482 e. The van der Waals surface area contributed by atoms with Crippen LogP contribution in [0, 0.1) is 0 Å². The lowest BCUT2D eigenvalue weighted by atomic mass is 9.90. The van der Waals surface area contributed by atoms with Crippen LogP contribution in [0.2, 0.25) is 0 Å². The fraction of sp³-hybridized carbons (Fsp3) is 0.588. The molecule has 1 aliphatic heterocycles. The molecule has 3 rings (SSSR count). The summed E-state index contributed by atoms with van der Waals surface area (Å²) in [7, 11) is 0. The molecule has 0 amide bonds. The molecule has 1 heterocycles. The highest BCUT2D eigenvalue weighted by Crippen LogP contribution is 2.30. The number of rotatable bonds is 5. The summed E-state index contributed by atoms with van der Waals surface area (Å²) in [6, 6.07) is 8.20. The predicted octanol–water partition coefficient (Wildman–Crippen LogP) is 2.29. The third kappa shape index (κ3) is 3.59. The summed E-state index contributed by atoms with van der Waals surface area (Å²) in [6.45, 7) is 2.19. The minimum atomic E-state index is -0.950. The molecule has 2 aliphatic rings. The molecule has 0 radical (unpaired) electrons. The van der Waals surface area contributed by atoms with Crippen molar-refractivity contribution in [1.29, 1.82) is 0 Å². The highest BCUT2D eigenvalue weighted by molar-refractivity contribution is 5.68. The first kappa shape index (κ1) is 15.3. The molecule has 1 N–H and O–H groups in total. The van der Waals surface area contributed by atoms with Crippen LogP contribution >= 0.6 is 0 Å². The molecular formula is C17H23NO4. The van der Waals surface area contributed by atoms with Crippen molar-refractivity contribution in [1.82, 2.24) is 4.90 Å².